The van der Waals surface area contributed by atoms with E-state index in [1.165, 1.54) is 37.0 Å². The molecule has 266 valence electrons. The summed E-state index contributed by atoms with van der Waals surface area (Å²) in [4.78, 5) is 15.9. The van der Waals surface area contributed by atoms with Crippen LogP contribution in [0.2, 0.25) is 0 Å². The van der Waals surface area contributed by atoms with Crippen LogP contribution in [0.3, 0.4) is 0 Å². The first-order chi connectivity index (χ1) is 28.3. The van der Waals surface area contributed by atoms with E-state index in [1.54, 1.807) is 0 Å². The number of benzene rings is 9. The van der Waals surface area contributed by atoms with Crippen LogP contribution in [0.4, 0.5) is 17.1 Å². The molecule has 0 saturated heterocycles. The summed E-state index contributed by atoms with van der Waals surface area (Å²) in [6, 6.07) is 69.6. The first kappa shape index (κ1) is 32.1. The van der Waals surface area contributed by atoms with Crippen LogP contribution in [-0.4, -0.2) is 14.5 Å². The van der Waals surface area contributed by atoms with E-state index in [9.17, 15) is 0 Å². The van der Waals surface area contributed by atoms with Gasteiger partial charge in [-0.25, -0.2) is 9.97 Å². The average molecular weight is 745 g/mol. The minimum absolute atomic E-state index is 0.647. The second kappa shape index (κ2) is 12.7. The Morgan fingerprint density at radius 2 is 1.12 bits per heavy atom. The monoisotopic (exact) mass is 744 g/mol. The van der Waals surface area contributed by atoms with Gasteiger partial charge in [0.25, 0.3) is 0 Å². The van der Waals surface area contributed by atoms with E-state index in [-0.39, 0.29) is 0 Å². The predicted octanol–water partition coefficient (Wildman–Crippen LogP) is 14.3. The highest BCUT2D eigenvalue weighted by Gasteiger charge is 2.27. The molecule has 0 aliphatic carbocycles. The lowest BCUT2D eigenvalue weighted by molar-refractivity contribution is 1.02. The minimum atomic E-state index is 0.647. The molecule has 0 N–H and O–H groups in total. The van der Waals surface area contributed by atoms with E-state index in [4.69, 9.17) is 9.97 Å². The van der Waals surface area contributed by atoms with Crippen molar-refractivity contribution in [2.75, 3.05) is 4.90 Å². The van der Waals surface area contributed by atoms with E-state index in [0.29, 0.717) is 5.95 Å². The van der Waals surface area contributed by atoms with Crippen molar-refractivity contribution in [1.82, 2.24) is 14.5 Å². The second-order valence-corrected chi connectivity index (χ2v) is 15.6. The molecule has 0 saturated carbocycles. The van der Waals surface area contributed by atoms with E-state index in [1.807, 2.05) is 11.8 Å². The van der Waals surface area contributed by atoms with Gasteiger partial charge in [0, 0.05) is 48.2 Å². The highest BCUT2D eigenvalue weighted by atomic mass is 32.2. The van der Waals surface area contributed by atoms with Crippen molar-refractivity contribution in [3.05, 3.63) is 194 Å². The third-order valence-electron chi connectivity index (χ3n) is 11.4. The zero-order valence-corrected chi connectivity index (χ0v) is 31.5. The molecule has 12 rings (SSSR count). The molecule has 3 heterocycles. The van der Waals surface area contributed by atoms with Crippen LogP contribution in [-0.2, 0) is 0 Å². The van der Waals surface area contributed by atoms with Crippen molar-refractivity contribution >= 4 is 83.1 Å². The van der Waals surface area contributed by atoms with Crippen LogP contribution < -0.4 is 4.90 Å². The zero-order valence-electron chi connectivity index (χ0n) is 30.7. The summed E-state index contributed by atoms with van der Waals surface area (Å²) in [6.07, 6.45) is 0. The molecule has 0 amide bonds. The van der Waals surface area contributed by atoms with Crippen LogP contribution in [0.15, 0.2) is 204 Å². The van der Waals surface area contributed by atoms with E-state index in [2.05, 4.69) is 204 Å². The van der Waals surface area contributed by atoms with Crippen molar-refractivity contribution < 1.29 is 0 Å². The standard InChI is InChI=1S/C52H32N4S/c1-3-16-35(17-4-1)49-42-29-26-34-15-8-10-21-39(34)50(42)54-52(53-49)56-44-30-27-33-14-7-9-20-38(33)48(44)41-23-13-22-40(51(41)56)36-28-31-47-45(32-36)55(37-18-5-2-6-19-37)43-24-11-12-25-46(43)57-47/h1-32H. The van der Waals surface area contributed by atoms with Gasteiger partial charge in [-0.05, 0) is 70.3 Å². The van der Waals surface area contributed by atoms with E-state index in [0.717, 1.165) is 66.5 Å². The van der Waals surface area contributed by atoms with E-state index < -0.39 is 0 Å². The minimum Gasteiger partial charge on any atom is -0.308 e. The van der Waals surface area contributed by atoms with Gasteiger partial charge >= 0.3 is 0 Å². The van der Waals surface area contributed by atoms with Crippen molar-refractivity contribution in [2.45, 2.75) is 9.79 Å². The van der Waals surface area contributed by atoms with Crippen LogP contribution in [0, 0.1) is 0 Å². The molecule has 57 heavy (non-hydrogen) atoms. The maximum atomic E-state index is 5.53. The van der Waals surface area contributed by atoms with Gasteiger partial charge in [0.1, 0.15) is 0 Å². The fraction of sp³-hybridized carbons (Fsp3) is 0. The molecule has 0 atom stereocenters. The van der Waals surface area contributed by atoms with Crippen LogP contribution in [0.25, 0.3) is 82.6 Å². The molecular formula is C52H32N4S. The molecule has 1 aliphatic heterocycles. The Hall–Kier alpha value is -7.21. The highest BCUT2D eigenvalue weighted by molar-refractivity contribution is 7.99. The molecule has 0 spiro atoms. The van der Waals surface area contributed by atoms with Crippen molar-refractivity contribution in [2.24, 2.45) is 0 Å². The number of hydrogen-bond acceptors (Lipinski definition) is 4. The summed E-state index contributed by atoms with van der Waals surface area (Å²) in [5.41, 5.74) is 10.8. The lowest BCUT2D eigenvalue weighted by Gasteiger charge is -2.33. The predicted molar refractivity (Wildman–Crippen MR) is 239 cm³/mol. The number of hydrogen-bond donors (Lipinski definition) is 0. The highest BCUT2D eigenvalue weighted by Crippen LogP contribution is 2.53. The first-order valence-electron chi connectivity index (χ1n) is 19.3. The summed E-state index contributed by atoms with van der Waals surface area (Å²) in [7, 11) is 0. The zero-order chi connectivity index (χ0) is 37.5. The van der Waals surface area contributed by atoms with Gasteiger partial charge in [-0.2, -0.15) is 0 Å². The van der Waals surface area contributed by atoms with Crippen LogP contribution >= 0.6 is 11.8 Å². The fourth-order valence-corrected chi connectivity index (χ4v) is 9.86. The van der Waals surface area contributed by atoms with Crippen molar-refractivity contribution in [1.29, 1.82) is 0 Å². The normalized spacial score (nSPS) is 12.5. The molecule has 5 heteroatoms. The number of nitrogens with zero attached hydrogens (tertiary/aromatic N) is 4. The SMILES string of the molecule is c1ccc(-c2nc(-n3c4ccc5ccccc5c4c4cccc(-c5ccc6c(c5)N(c5ccccc5)c5ccccc5S6)c43)nc3c2ccc2ccccc23)cc1. The van der Waals surface area contributed by atoms with Gasteiger partial charge in [0.2, 0.25) is 5.95 Å². The summed E-state index contributed by atoms with van der Waals surface area (Å²) in [6.45, 7) is 0. The van der Waals surface area contributed by atoms with Gasteiger partial charge in [-0.3, -0.25) is 4.57 Å². The second-order valence-electron chi connectivity index (χ2n) is 14.6. The summed E-state index contributed by atoms with van der Waals surface area (Å²) in [5, 5.41) is 8.06. The third kappa shape index (κ3) is 4.96. The number of para-hydroxylation sites is 3. The Balaban J connectivity index is 1.19. The number of fused-ring (bicyclic) bond motifs is 10. The number of aromatic nitrogens is 3. The lowest BCUT2D eigenvalue weighted by atomic mass is 9.99. The Morgan fingerprint density at radius 1 is 0.439 bits per heavy atom. The molecule has 0 bridgehead atoms. The topological polar surface area (TPSA) is 34.0 Å². The first-order valence-corrected chi connectivity index (χ1v) is 20.1. The largest absolute Gasteiger partial charge is 0.308 e. The average Bonchev–Trinajstić information content (AvgIpc) is 3.63. The van der Waals surface area contributed by atoms with Gasteiger partial charge in [-0.15, -0.1) is 0 Å². The van der Waals surface area contributed by atoms with Gasteiger partial charge in [0.05, 0.1) is 33.6 Å². The van der Waals surface area contributed by atoms with Gasteiger partial charge in [0.15, 0.2) is 0 Å². The maximum Gasteiger partial charge on any atom is 0.235 e. The van der Waals surface area contributed by atoms with Gasteiger partial charge < -0.3 is 4.90 Å². The lowest BCUT2D eigenvalue weighted by Crippen LogP contribution is -2.14. The Labute approximate surface area is 333 Å². The Morgan fingerprint density at radius 3 is 1.98 bits per heavy atom. The number of rotatable bonds is 4. The molecular weight excluding hydrogens is 713 g/mol. The fourth-order valence-electron chi connectivity index (χ4n) is 8.82. The summed E-state index contributed by atoms with van der Waals surface area (Å²) < 4.78 is 2.32. The quantitative estimate of drug-likeness (QED) is 0.168. The van der Waals surface area contributed by atoms with Crippen LogP contribution in [0.5, 0.6) is 0 Å². The Bertz CT molecular complexity index is 3390. The summed E-state index contributed by atoms with van der Waals surface area (Å²) >= 11 is 1.83. The molecule has 11 aromatic rings. The number of anilines is 3. The Kier molecular flexibility index (Phi) is 7.13. The molecule has 9 aromatic carbocycles. The molecule has 0 radical (unpaired) electrons. The van der Waals surface area contributed by atoms with Crippen LogP contribution in [0.1, 0.15) is 0 Å². The molecule has 1 aliphatic rings. The molecule has 0 unspecified atom stereocenters. The summed E-state index contributed by atoms with van der Waals surface area (Å²) in [5.74, 6) is 0.647. The van der Waals surface area contributed by atoms with Crippen molar-refractivity contribution in [3.8, 4) is 28.3 Å². The smallest absolute Gasteiger partial charge is 0.235 e. The third-order valence-corrected chi connectivity index (χ3v) is 12.5. The van der Waals surface area contributed by atoms with E-state index >= 15 is 0 Å². The molecule has 4 nitrogen and oxygen atoms in total. The maximum absolute atomic E-state index is 5.53. The molecule has 2 aromatic heterocycles. The molecule has 0 fully saturated rings. The van der Waals surface area contributed by atoms with Gasteiger partial charge in [-0.1, -0.05) is 157 Å². The van der Waals surface area contributed by atoms with Crippen molar-refractivity contribution in [3.63, 3.8) is 0 Å².